The molecule has 2 heterocycles. The summed E-state index contributed by atoms with van der Waals surface area (Å²) in [7, 11) is -3.47. The third-order valence-corrected chi connectivity index (χ3v) is 8.67. The SMILES string of the molecule is CCc1ccc(C(=O)N2CCN(C(=O)Cc3ccc(S(=O)(=O)N4CCCCC4)cc3)CC2)cc1. The molecule has 2 saturated heterocycles. The van der Waals surface area contributed by atoms with Gasteiger partial charge in [-0.05, 0) is 54.7 Å². The van der Waals surface area contributed by atoms with Crippen molar-refractivity contribution in [1.82, 2.24) is 14.1 Å². The van der Waals surface area contributed by atoms with Crippen molar-refractivity contribution < 1.29 is 18.0 Å². The topological polar surface area (TPSA) is 78.0 Å². The summed E-state index contributed by atoms with van der Waals surface area (Å²) in [6, 6.07) is 14.4. The molecular weight excluding hydrogens is 450 g/mol. The highest BCUT2D eigenvalue weighted by molar-refractivity contribution is 7.89. The number of carbonyl (C=O) groups is 2. The Balaban J connectivity index is 1.30. The highest BCUT2D eigenvalue weighted by Gasteiger charge is 2.27. The number of aryl methyl sites for hydroxylation is 1. The van der Waals surface area contributed by atoms with Gasteiger partial charge in [-0.1, -0.05) is 37.6 Å². The standard InChI is InChI=1S/C26H33N3O4S/c1-2-21-6-10-23(11-7-21)26(31)28-18-16-27(17-19-28)25(30)20-22-8-12-24(13-9-22)34(32,33)29-14-4-3-5-15-29/h6-13H,2-5,14-20H2,1H3. The summed E-state index contributed by atoms with van der Waals surface area (Å²) in [5, 5.41) is 0. The van der Waals surface area contributed by atoms with E-state index in [1.165, 1.54) is 5.56 Å². The first kappa shape index (κ1) is 24.4. The fraction of sp³-hybridized carbons (Fsp3) is 0.462. The molecule has 0 unspecified atom stereocenters. The van der Waals surface area contributed by atoms with E-state index < -0.39 is 10.0 Å². The molecule has 0 saturated carbocycles. The quantitative estimate of drug-likeness (QED) is 0.633. The molecule has 2 fully saturated rings. The predicted octanol–water partition coefficient (Wildman–Crippen LogP) is 2.95. The van der Waals surface area contributed by atoms with Crippen LogP contribution in [0.5, 0.6) is 0 Å². The molecule has 0 bridgehead atoms. The van der Waals surface area contributed by atoms with Crippen molar-refractivity contribution in [2.24, 2.45) is 0 Å². The first-order valence-corrected chi connectivity index (χ1v) is 13.6. The minimum Gasteiger partial charge on any atom is -0.339 e. The van der Waals surface area contributed by atoms with Gasteiger partial charge >= 0.3 is 0 Å². The smallest absolute Gasteiger partial charge is 0.253 e. The van der Waals surface area contributed by atoms with Crippen LogP contribution in [-0.4, -0.2) is 73.6 Å². The van der Waals surface area contributed by atoms with Crippen molar-refractivity contribution in [2.75, 3.05) is 39.3 Å². The van der Waals surface area contributed by atoms with Gasteiger partial charge in [0.15, 0.2) is 0 Å². The molecule has 0 radical (unpaired) electrons. The van der Waals surface area contributed by atoms with Gasteiger partial charge < -0.3 is 9.80 Å². The van der Waals surface area contributed by atoms with E-state index in [0.29, 0.717) is 44.8 Å². The molecule has 0 aromatic heterocycles. The number of hydrogen-bond acceptors (Lipinski definition) is 4. The van der Waals surface area contributed by atoms with Crippen LogP contribution < -0.4 is 0 Å². The molecule has 0 spiro atoms. The number of amides is 2. The molecule has 8 heteroatoms. The maximum absolute atomic E-state index is 12.8. The van der Waals surface area contributed by atoms with Crippen LogP contribution in [0.15, 0.2) is 53.4 Å². The van der Waals surface area contributed by atoms with Crippen LogP contribution in [0.25, 0.3) is 0 Å². The van der Waals surface area contributed by atoms with Crippen LogP contribution in [0.1, 0.15) is 47.7 Å². The molecule has 0 aliphatic carbocycles. The second-order valence-corrected chi connectivity index (χ2v) is 10.9. The lowest BCUT2D eigenvalue weighted by Gasteiger charge is -2.35. The normalized spacial score (nSPS) is 17.6. The molecule has 2 aliphatic rings. The van der Waals surface area contributed by atoms with E-state index in [9.17, 15) is 18.0 Å². The van der Waals surface area contributed by atoms with Gasteiger partial charge in [0, 0.05) is 44.8 Å². The summed E-state index contributed by atoms with van der Waals surface area (Å²) in [5.74, 6) is -0.00806. The second-order valence-electron chi connectivity index (χ2n) is 9.01. The van der Waals surface area contributed by atoms with Crippen molar-refractivity contribution in [1.29, 1.82) is 0 Å². The van der Waals surface area contributed by atoms with Crippen LogP contribution >= 0.6 is 0 Å². The first-order chi connectivity index (χ1) is 16.4. The number of piperidine rings is 1. The molecule has 2 amide bonds. The van der Waals surface area contributed by atoms with Gasteiger partial charge in [-0.25, -0.2) is 8.42 Å². The Morgan fingerprint density at radius 1 is 0.735 bits per heavy atom. The highest BCUT2D eigenvalue weighted by atomic mass is 32.2. The van der Waals surface area contributed by atoms with Crippen molar-refractivity contribution in [3.8, 4) is 0 Å². The van der Waals surface area contributed by atoms with Gasteiger partial charge in [0.25, 0.3) is 5.91 Å². The third-order valence-electron chi connectivity index (χ3n) is 6.76. The summed E-state index contributed by atoms with van der Waals surface area (Å²) in [4.78, 5) is 29.4. The number of benzene rings is 2. The predicted molar refractivity (Wildman–Crippen MR) is 131 cm³/mol. The van der Waals surface area contributed by atoms with Crippen LogP contribution in [0, 0.1) is 0 Å². The number of piperazine rings is 1. The molecule has 34 heavy (non-hydrogen) atoms. The number of hydrogen-bond donors (Lipinski definition) is 0. The maximum atomic E-state index is 12.8. The fourth-order valence-electron chi connectivity index (χ4n) is 4.54. The molecule has 7 nitrogen and oxygen atoms in total. The zero-order valence-electron chi connectivity index (χ0n) is 19.8. The van der Waals surface area contributed by atoms with Gasteiger partial charge in [0.1, 0.15) is 0 Å². The number of rotatable bonds is 6. The fourth-order valence-corrected chi connectivity index (χ4v) is 6.06. The lowest BCUT2D eigenvalue weighted by Crippen LogP contribution is -2.51. The highest BCUT2D eigenvalue weighted by Crippen LogP contribution is 2.21. The lowest BCUT2D eigenvalue weighted by molar-refractivity contribution is -0.131. The van der Waals surface area contributed by atoms with Crippen molar-refractivity contribution in [2.45, 2.75) is 43.9 Å². The summed E-state index contributed by atoms with van der Waals surface area (Å²) in [6.45, 7) is 5.24. The van der Waals surface area contributed by atoms with Crippen LogP contribution in [0.3, 0.4) is 0 Å². The summed E-state index contributed by atoms with van der Waals surface area (Å²) >= 11 is 0. The number of carbonyl (C=O) groups excluding carboxylic acids is 2. The molecule has 4 rings (SSSR count). The lowest BCUT2D eigenvalue weighted by atomic mass is 10.1. The van der Waals surface area contributed by atoms with Crippen molar-refractivity contribution in [3.63, 3.8) is 0 Å². The van der Waals surface area contributed by atoms with Gasteiger partial charge in [-0.2, -0.15) is 4.31 Å². The summed E-state index contributed by atoms with van der Waals surface area (Å²) in [6.07, 6.45) is 4.02. The maximum Gasteiger partial charge on any atom is 0.253 e. The van der Waals surface area contributed by atoms with Gasteiger partial charge in [0.2, 0.25) is 15.9 Å². The Morgan fingerprint density at radius 2 is 1.29 bits per heavy atom. The van der Waals surface area contributed by atoms with Crippen LogP contribution in [-0.2, 0) is 27.7 Å². The molecule has 182 valence electrons. The van der Waals surface area contributed by atoms with Gasteiger partial charge in [-0.3, -0.25) is 9.59 Å². The van der Waals surface area contributed by atoms with E-state index >= 15 is 0 Å². The zero-order chi connectivity index (χ0) is 24.1. The zero-order valence-corrected chi connectivity index (χ0v) is 20.6. The Morgan fingerprint density at radius 3 is 1.88 bits per heavy atom. The minimum atomic E-state index is -3.47. The van der Waals surface area contributed by atoms with E-state index in [1.54, 1.807) is 38.4 Å². The summed E-state index contributed by atoms with van der Waals surface area (Å²) < 4.78 is 27.2. The molecule has 2 aromatic rings. The molecule has 0 atom stereocenters. The van der Waals surface area contributed by atoms with E-state index in [0.717, 1.165) is 31.2 Å². The van der Waals surface area contributed by atoms with Crippen LogP contribution in [0.2, 0.25) is 0 Å². The minimum absolute atomic E-state index is 0.000237. The Labute approximate surface area is 202 Å². The number of nitrogens with zero attached hydrogens (tertiary/aromatic N) is 3. The van der Waals surface area contributed by atoms with Crippen LogP contribution in [0.4, 0.5) is 0 Å². The molecular formula is C26H33N3O4S. The average Bonchev–Trinajstić information content (AvgIpc) is 2.89. The summed E-state index contributed by atoms with van der Waals surface area (Å²) in [5.41, 5.74) is 2.66. The van der Waals surface area contributed by atoms with Gasteiger partial charge in [0.05, 0.1) is 11.3 Å². The van der Waals surface area contributed by atoms with Gasteiger partial charge in [-0.15, -0.1) is 0 Å². The Kier molecular flexibility index (Phi) is 7.68. The molecule has 2 aliphatic heterocycles. The van der Waals surface area contributed by atoms with E-state index in [4.69, 9.17) is 0 Å². The van der Waals surface area contributed by atoms with E-state index in [2.05, 4.69) is 6.92 Å². The van der Waals surface area contributed by atoms with Crippen molar-refractivity contribution in [3.05, 3.63) is 65.2 Å². The number of sulfonamides is 1. The largest absolute Gasteiger partial charge is 0.339 e. The molecule has 0 N–H and O–H groups in total. The first-order valence-electron chi connectivity index (χ1n) is 12.1. The molecule has 2 aromatic carbocycles. The second kappa shape index (κ2) is 10.7. The third kappa shape index (κ3) is 5.50. The van der Waals surface area contributed by atoms with Crippen molar-refractivity contribution >= 4 is 21.8 Å². The Bertz CT molecular complexity index is 1100. The Hall–Kier alpha value is -2.71. The monoisotopic (exact) mass is 483 g/mol. The average molecular weight is 484 g/mol. The van der Waals surface area contributed by atoms with E-state index in [1.807, 2.05) is 24.3 Å². The van der Waals surface area contributed by atoms with E-state index in [-0.39, 0.29) is 23.1 Å².